The fourth-order valence-corrected chi connectivity index (χ4v) is 1.92. The standard InChI is InChI=1S/C13H17NO2/c1-14(2)11-5-3-10(4-6-11)9-12-7-8-13(15)16-12/h3-6,12H,7-9H2,1-2H3. The molecule has 1 saturated heterocycles. The van der Waals surface area contributed by atoms with Gasteiger partial charge in [0.05, 0.1) is 0 Å². The van der Waals surface area contributed by atoms with Gasteiger partial charge in [-0.05, 0) is 24.1 Å². The number of esters is 1. The van der Waals surface area contributed by atoms with Crippen LogP contribution in [0.5, 0.6) is 0 Å². The molecule has 1 aromatic carbocycles. The van der Waals surface area contributed by atoms with E-state index in [0.717, 1.165) is 12.8 Å². The molecule has 0 bridgehead atoms. The lowest BCUT2D eigenvalue weighted by molar-refractivity contribution is -0.141. The molecular formula is C13H17NO2. The molecule has 0 aromatic heterocycles. The predicted molar refractivity (Wildman–Crippen MR) is 63.6 cm³/mol. The van der Waals surface area contributed by atoms with Crippen LogP contribution in [0.1, 0.15) is 18.4 Å². The Balaban J connectivity index is 1.97. The molecule has 0 saturated carbocycles. The van der Waals surface area contributed by atoms with Gasteiger partial charge in [-0.3, -0.25) is 4.79 Å². The molecule has 1 atom stereocenters. The van der Waals surface area contributed by atoms with E-state index in [-0.39, 0.29) is 12.1 Å². The van der Waals surface area contributed by atoms with E-state index >= 15 is 0 Å². The molecule has 3 heteroatoms. The van der Waals surface area contributed by atoms with Crippen LogP contribution in [0, 0.1) is 0 Å². The van der Waals surface area contributed by atoms with Crippen molar-refractivity contribution in [3.8, 4) is 0 Å². The molecule has 1 aromatic rings. The van der Waals surface area contributed by atoms with E-state index in [4.69, 9.17) is 4.74 Å². The number of anilines is 1. The number of ether oxygens (including phenoxy) is 1. The molecule has 1 aliphatic heterocycles. The summed E-state index contributed by atoms with van der Waals surface area (Å²) >= 11 is 0. The quantitative estimate of drug-likeness (QED) is 0.728. The zero-order chi connectivity index (χ0) is 11.5. The number of carbonyl (C=O) groups excluding carboxylic acids is 1. The number of carbonyl (C=O) groups is 1. The van der Waals surface area contributed by atoms with Gasteiger partial charge in [-0.1, -0.05) is 12.1 Å². The molecule has 0 amide bonds. The SMILES string of the molecule is CN(C)c1ccc(CC2CCC(=O)O2)cc1. The van der Waals surface area contributed by atoms with Crippen LogP contribution in [0.4, 0.5) is 5.69 Å². The molecule has 1 fully saturated rings. The Bertz CT molecular complexity index is 370. The third-order valence-electron chi connectivity index (χ3n) is 2.88. The highest BCUT2D eigenvalue weighted by Crippen LogP contribution is 2.20. The van der Waals surface area contributed by atoms with E-state index in [9.17, 15) is 4.79 Å². The van der Waals surface area contributed by atoms with E-state index in [1.807, 2.05) is 14.1 Å². The molecule has 2 rings (SSSR count). The summed E-state index contributed by atoms with van der Waals surface area (Å²) in [5.41, 5.74) is 2.41. The number of nitrogens with zero attached hydrogens (tertiary/aromatic N) is 1. The average Bonchev–Trinajstić information content (AvgIpc) is 2.65. The second-order valence-electron chi connectivity index (χ2n) is 4.42. The zero-order valence-corrected chi connectivity index (χ0v) is 9.77. The molecule has 0 spiro atoms. The molecule has 0 aliphatic carbocycles. The Morgan fingerprint density at radius 1 is 1.31 bits per heavy atom. The minimum Gasteiger partial charge on any atom is -0.462 e. The highest BCUT2D eigenvalue weighted by molar-refractivity contribution is 5.71. The van der Waals surface area contributed by atoms with Crippen LogP contribution >= 0.6 is 0 Å². The van der Waals surface area contributed by atoms with Gasteiger partial charge in [-0.2, -0.15) is 0 Å². The molecule has 1 aliphatic rings. The second-order valence-corrected chi connectivity index (χ2v) is 4.42. The molecule has 0 radical (unpaired) electrons. The van der Waals surface area contributed by atoms with Crippen LogP contribution in [0.3, 0.4) is 0 Å². The van der Waals surface area contributed by atoms with Gasteiger partial charge < -0.3 is 9.64 Å². The first-order valence-electron chi connectivity index (χ1n) is 5.61. The van der Waals surface area contributed by atoms with Gasteiger partial charge in [0, 0.05) is 32.6 Å². The predicted octanol–water partition coefficient (Wildman–Crippen LogP) is 2.00. The van der Waals surface area contributed by atoms with Crippen LogP contribution in [0.15, 0.2) is 24.3 Å². The molecule has 3 nitrogen and oxygen atoms in total. The maximum absolute atomic E-state index is 11.0. The molecular weight excluding hydrogens is 202 g/mol. The Hall–Kier alpha value is -1.51. The smallest absolute Gasteiger partial charge is 0.306 e. The van der Waals surface area contributed by atoms with Crippen molar-refractivity contribution in [2.24, 2.45) is 0 Å². The summed E-state index contributed by atoms with van der Waals surface area (Å²) in [4.78, 5) is 13.0. The summed E-state index contributed by atoms with van der Waals surface area (Å²) in [5.74, 6) is -0.0603. The van der Waals surface area contributed by atoms with Gasteiger partial charge in [-0.25, -0.2) is 0 Å². The van der Waals surface area contributed by atoms with E-state index in [1.54, 1.807) is 0 Å². The Labute approximate surface area is 96.0 Å². The highest BCUT2D eigenvalue weighted by atomic mass is 16.5. The van der Waals surface area contributed by atoms with Crippen molar-refractivity contribution >= 4 is 11.7 Å². The largest absolute Gasteiger partial charge is 0.462 e. The Kier molecular flexibility index (Phi) is 3.13. The van der Waals surface area contributed by atoms with Crippen molar-refractivity contribution in [3.63, 3.8) is 0 Å². The van der Waals surface area contributed by atoms with Crippen LogP contribution in [0.2, 0.25) is 0 Å². The number of benzene rings is 1. The minimum atomic E-state index is -0.0603. The second kappa shape index (κ2) is 4.56. The lowest BCUT2D eigenvalue weighted by Crippen LogP contribution is -2.11. The number of hydrogen-bond acceptors (Lipinski definition) is 3. The molecule has 0 N–H and O–H groups in total. The van der Waals surface area contributed by atoms with E-state index in [1.165, 1.54) is 11.3 Å². The van der Waals surface area contributed by atoms with Gasteiger partial charge in [0.2, 0.25) is 0 Å². The summed E-state index contributed by atoms with van der Waals surface area (Å²) in [7, 11) is 4.04. The maximum Gasteiger partial charge on any atom is 0.306 e. The van der Waals surface area contributed by atoms with Crippen LogP contribution in [-0.4, -0.2) is 26.2 Å². The van der Waals surface area contributed by atoms with Crippen molar-refractivity contribution in [3.05, 3.63) is 29.8 Å². The summed E-state index contributed by atoms with van der Waals surface area (Å²) in [6, 6.07) is 8.38. The van der Waals surface area contributed by atoms with Crippen molar-refractivity contribution < 1.29 is 9.53 Å². The van der Waals surface area contributed by atoms with Crippen LogP contribution in [-0.2, 0) is 16.0 Å². The third kappa shape index (κ3) is 2.54. The molecule has 1 unspecified atom stereocenters. The van der Waals surface area contributed by atoms with Gasteiger partial charge in [0.15, 0.2) is 0 Å². The summed E-state index contributed by atoms with van der Waals surface area (Å²) < 4.78 is 5.19. The topological polar surface area (TPSA) is 29.5 Å². The fourth-order valence-electron chi connectivity index (χ4n) is 1.92. The molecule has 16 heavy (non-hydrogen) atoms. The Morgan fingerprint density at radius 2 is 2.00 bits per heavy atom. The zero-order valence-electron chi connectivity index (χ0n) is 9.77. The van der Waals surface area contributed by atoms with Crippen molar-refractivity contribution in [2.75, 3.05) is 19.0 Å². The van der Waals surface area contributed by atoms with E-state index in [2.05, 4.69) is 29.2 Å². The van der Waals surface area contributed by atoms with Gasteiger partial charge in [0.1, 0.15) is 6.10 Å². The normalized spacial score (nSPS) is 19.6. The van der Waals surface area contributed by atoms with E-state index < -0.39 is 0 Å². The van der Waals surface area contributed by atoms with Gasteiger partial charge >= 0.3 is 5.97 Å². The highest BCUT2D eigenvalue weighted by Gasteiger charge is 2.23. The number of hydrogen-bond donors (Lipinski definition) is 0. The van der Waals surface area contributed by atoms with Crippen molar-refractivity contribution in [2.45, 2.75) is 25.4 Å². The lowest BCUT2D eigenvalue weighted by Gasteiger charge is -2.13. The monoisotopic (exact) mass is 219 g/mol. The maximum atomic E-state index is 11.0. The Morgan fingerprint density at radius 3 is 2.50 bits per heavy atom. The first kappa shape index (κ1) is 11.0. The van der Waals surface area contributed by atoms with E-state index in [0.29, 0.717) is 6.42 Å². The lowest BCUT2D eigenvalue weighted by atomic mass is 10.1. The van der Waals surface area contributed by atoms with Crippen LogP contribution in [0.25, 0.3) is 0 Å². The molecule has 1 heterocycles. The third-order valence-corrected chi connectivity index (χ3v) is 2.88. The van der Waals surface area contributed by atoms with Crippen molar-refractivity contribution in [1.29, 1.82) is 0 Å². The average molecular weight is 219 g/mol. The first-order chi connectivity index (χ1) is 7.65. The summed E-state index contributed by atoms with van der Waals surface area (Å²) in [6.07, 6.45) is 2.34. The number of cyclic esters (lactones) is 1. The first-order valence-corrected chi connectivity index (χ1v) is 5.61. The van der Waals surface area contributed by atoms with Gasteiger partial charge in [-0.15, -0.1) is 0 Å². The van der Waals surface area contributed by atoms with Gasteiger partial charge in [0.25, 0.3) is 0 Å². The summed E-state index contributed by atoms with van der Waals surface area (Å²) in [6.45, 7) is 0. The van der Waals surface area contributed by atoms with Crippen molar-refractivity contribution in [1.82, 2.24) is 0 Å². The summed E-state index contributed by atoms with van der Waals surface area (Å²) in [5, 5.41) is 0. The number of rotatable bonds is 3. The minimum absolute atomic E-state index is 0.0603. The van der Waals surface area contributed by atoms with Crippen LogP contribution < -0.4 is 4.90 Å². The molecule has 86 valence electrons. The fraction of sp³-hybridized carbons (Fsp3) is 0.462.